The number of amides is 2. The van der Waals surface area contributed by atoms with E-state index in [1.165, 1.54) is 0 Å². The Bertz CT molecular complexity index is 1100. The molecule has 2 heterocycles. The number of fused-ring (bicyclic) bond motifs is 1. The summed E-state index contributed by atoms with van der Waals surface area (Å²) in [6.07, 6.45) is 1.53. The lowest BCUT2D eigenvalue weighted by Gasteiger charge is -2.42. The van der Waals surface area contributed by atoms with E-state index in [4.69, 9.17) is 0 Å². The monoisotopic (exact) mass is 419 g/mol. The van der Waals surface area contributed by atoms with Crippen molar-refractivity contribution in [2.24, 2.45) is 7.05 Å². The van der Waals surface area contributed by atoms with Gasteiger partial charge in [-0.05, 0) is 43.5 Å². The van der Waals surface area contributed by atoms with Gasteiger partial charge in [0.15, 0.2) is 0 Å². The van der Waals surface area contributed by atoms with Crippen LogP contribution in [0.2, 0.25) is 0 Å². The van der Waals surface area contributed by atoms with E-state index in [2.05, 4.69) is 32.7 Å². The third-order valence-corrected chi connectivity index (χ3v) is 6.21. The molecule has 1 aliphatic heterocycles. The molecular formula is C24H29N5O2. The fourth-order valence-corrected chi connectivity index (χ4v) is 4.47. The second-order valence-electron chi connectivity index (χ2n) is 8.38. The van der Waals surface area contributed by atoms with Crippen LogP contribution in [0.5, 0.6) is 0 Å². The summed E-state index contributed by atoms with van der Waals surface area (Å²) in [5, 5.41) is 6.17. The fraction of sp³-hybridized carbons (Fsp3) is 0.375. The third-order valence-electron chi connectivity index (χ3n) is 6.21. The van der Waals surface area contributed by atoms with Crippen molar-refractivity contribution < 1.29 is 9.59 Å². The zero-order chi connectivity index (χ0) is 22.0. The number of aryl methyl sites for hydroxylation is 2. The van der Waals surface area contributed by atoms with Crippen LogP contribution in [0, 0.1) is 6.92 Å². The van der Waals surface area contributed by atoms with Crippen molar-refractivity contribution in [1.29, 1.82) is 0 Å². The van der Waals surface area contributed by atoms with Crippen molar-refractivity contribution in [1.82, 2.24) is 19.8 Å². The zero-order valence-electron chi connectivity index (χ0n) is 18.3. The summed E-state index contributed by atoms with van der Waals surface area (Å²) in [5.74, 6) is 0.863. The van der Waals surface area contributed by atoms with Crippen LogP contribution in [-0.2, 0) is 22.2 Å². The van der Waals surface area contributed by atoms with Crippen molar-refractivity contribution in [3.8, 4) is 0 Å². The Hall–Kier alpha value is -3.19. The van der Waals surface area contributed by atoms with Gasteiger partial charge in [-0.25, -0.2) is 4.98 Å². The number of rotatable bonds is 5. The molecule has 4 rings (SSSR count). The summed E-state index contributed by atoms with van der Waals surface area (Å²) in [5.41, 5.74) is 3.42. The van der Waals surface area contributed by atoms with Crippen LogP contribution in [0.15, 0.2) is 48.5 Å². The number of carbonyl (C=O) groups is 2. The van der Waals surface area contributed by atoms with Gasteiger partial charge in [0.05, 0.1) is 23.1 Å². The van der Waals surface area contributed by atoms with E-state index in [1.54, 1.807) is 6.92 Å². The SMILES string of the molecule is CC(=O)NC1(c2ccccc2)CCN(CC(=O)Nc2ccc3c(c2)nc(C)n3C)CC1. The van der Waals surface area contributed by atoms with E-state index < -0.39 is 0 Å². The van der Waals surface area contributed by atoms with Crippen molar-refractivity contribution in [2.75, 3.05) is 25.0 Å². The average Bonchev–Trinajstić information content (AvgIpc) is 3.03. The molecule has 1 aromatic heterocycles. The van der Waals surface area contributed by atoms with Gasteiger partial charge in [-0.15, -0.1) is 0 Å². The predicted molar refractivity (Wildman–Crippen MR) is 122 cm³/mol. The molecule has 0 atom stereocenters. The molecule has 0 radical (unpaired) electrons. The summed E-state index contributed by atoms with van der Waals surface area (Å²) in [7, 11) is 1.98. The van der Waals surface area contributed by atoms with Crippen molar-refractivity contribution >= 4 is 28.5 Å². The van der Waals surface area contributed by atoms with Crippen LogP contribution >= 0.6 is 0 Å². The molecule has 1 saturated heterocycles. The molecule has 0 unspecified atom stereocenters. The van der Waals surface area contributed by atoms with Gasteiger partial charge >= 0.3 is 0 Å². The fourth-order valence-electron chi connectivity index (χ4n) is 4.47. The van der Waals surface area contributed by atoms with Gasteiger partial charge in [0.2, 0.25) is 11.8 Å². The maximum absolute atomic E-state index is 12.6. The first-order valence-corrected chi connectivity index (χ1v) is 10.7. The highest BCUT2D eigenvalue weighted by atomic mass is 16.2. The lowest BCUT2D eigenvalue weighted by molar-refractivity contribution is -0.122. The first kappa shape index (κ1) is 21.1. The van der Waals surface area contributed by atoms with Crippen LogP contribution < -0.4 is 10.6 Å². The van der Waals surface area contributed by atoms with E-state index in [0.29, 0.717) is 6.54 Å². The number of likely N-dealkylation sites (tertiary alicyclic amines) is 1. The van der Waals surface area contributed by atoms with Gasteiger partial charge in [0.25, 0.3) is 0 Å². The molecule has 2 amide bonds. The van der Waals surface area contributed by atoms with E-state index >= 15 is 0 Å². The van der Waals surface area contributed by atoms with E-state index in [9.17, 15) is 9.59 Å². The van der Waals surface area contributed by atoms with Crippen molar-refractivity contribution in [2.45, 2.75) is 32.2 Å². The van der Waals surface area contributed by atoms with E-state index in [0.717, 1.165) is 54.0 Å². The number of benzene rings is 2. The highest BCUT2D eigenvalue weighted by Crippen LogP contribution is 2.33. The summed E-state index contributed by atoms with van der Waals surface area (Å²) in [6.45, 7) is 5.32. The Labute approximate surface area is 182 Å². The molecule has 31 heavy (non-hydrogen) atoms. The lowest BCUT2D eigenvalue weighted by atomic mass is 9.80. The molecule has 1 aliphatic rings. The Kier molecular flexibility index (Phi) is 5.78. The molecule has 3 aromatic rings. The third kappa shape index (κ3) is 4.46. The van der Waals surface area contributed by atoms with Crippen LogP contribution in [-0.4, -0.2) is 45.9 Å². The predicted octanol–water partition coefficient (Wildman–Crippen LogP) is 2.95. The Morgan fingerprint density at radius 3 is 2.48 bits per heavy atom. The first-order chi connectivity index (χ1) is 14.9. The summed E-state index contributed by atoms with van der Waals surface area (Å²) < 4.78 is 2.03. The highest BCUT2D eigenvalue weighted by molar-refractivity contribution is 5.94. The zero-order valence-corrected chi connectivity index (χ0v) is 18.3. The largest absolute Gasteiger partial charge is 0.347 e. The number of nitrogens with zero attached hydrogens (tertiary/aromatic N) is 3. The first-order valence-electron chi connectivity index (χ1n) is 10.7. The van der Waals surface area contributed by atoms with Gasteiger partial charge in [-0.2, -0.15) is 0 Å². The molecule has 7 nitrogen and oxygen atoms in total. The average molecular weight is 420 g/mol. The molecular weight excluding hydrogens is 390 g/mol. The standard InChI is InChI=1S/C24H29N5O2/c1-17-25-21-15-20(9-10-22(21)28(17)3)26-23(31)16-29-13-11-24(12-14-29,27-18(2)30)19-7-5-4-6-8-19/h4-10,15H,11-14,16H2,1-3H3,(H,26,31)(H,27,30). The number of piperidine rings is 1. The minimum absolute atomic E-state index is 0.0322. The van der Waals surface area contributed by atoms with Crippen LogP contribution in [0.25, 0.3) is 11.0 Å². The summed E-state index contributed by atoms with van der Waals surface area (Å²) in [6, 6.07) is 15.9. The van der Waals surface area contributed by atoms with Crippen LogP contribution in [0.1, 0.15) is 31.2 Å². The summed E-state index contributed by atoms with van der Waals surface area (Å²) in [4.78, 5) is 31.2. The van der Waals surface area contributed by atoms with Crippen LogP contribution in [0.4, 0.5) is 5.69 Å². The minimum atomic E-state index is -0.373. The molecule has 2 N–H and O–H groups in total. The van der Waals surface area contributed by atoms with Crippen LogP contribution in [0.3, 0.4) is 0 Å². The number of hydrogen-bond donors (Lipinski definition) is 2. The van der Waals surface area contributed by atoms with Gasteiger partial charge in [-0.1, -0.05) is 30.3 Å². The number of imidazole rings is 1. The topological polar surface area (TPSA) is 79.3 Å². The second-order valence-corrected chi connectivity index (χ2v) is 8.38. The summed E-state index contributed by atoms with van der Waals surface area (Å²) >= 11 is 0. The van der Waals surface area contributed by atoms with Gasteiger partial charge < -0.3 is 15.2 Å². The van der Waals surface area contributed by atoms with Gasteiger partial charge in [0.1, 0.15) is 5.82 Å². The maximum Gasteiger partial charge on any atom is 0.238 e. The number of carbonyl (C=O) groups excluding carboxylic acids is 2. The maximum atomic E-state index is 12.6. The van der Waals surface area contributed by atoms with Crippen molar-refractivity contribution in [3.63, 3.8) is 0 Å². The molecule has 0 saturated carbocycles. The van der Waals surface area contributed by atoms with E-state index in [1.807, 2.05) is 54.9 Å². The number of hydrogen-bond acceptors (Lipinski definition) is 4. The normalized spacial score (nSPS) is 16.2. The molecule has 0 spiro atoms. The molecule has 1 fully saturated rings. The number of aromatic nitrogens is 2. The van der Waals surface area contributed by atoms with Gasteiger partial charge in [0, 0.05) is 32.7 Å². The molecule has 7 heteroatoms. The Morgan fingerprint density at radius 1 is 1.10 bits per heavy atom. The molecule has 0 aliphatic carbocycles. The molecule has 2 aromatic carbocycles. The van der Waals surface area contributed by atoms with E-state index in [-0.39, 0.29) is 17.4 Å². The van der Waals surface area contributed by atoms with Gasteiger partial charge in [-0.3, -0.25) is 14.5 Å². The highest BCUT2D eigenvalue weighted by Gasteiger charge is 2.37. The quantitative estimate of drug-likeness (QED) is 0.666. The number of anilines is 1. The minimum Gasteiger partial charge on any atom is -0.347 e. The molecule has 162 valence electrons. The Morgan fingerprint density at radius 2 is 1.81 bits per heavy atom. The Balaban J connectivity index is 1.39. The molecule has 0 bridgehead atoms. The van der Waals surface area contributed by atoms with Crippen molar-refractivity contribution in [3.05, 3.63) is 59.9 Å². The smallest absolute Gasteiger partial charge is 0.238 e. The lowest BCUT2D eigenvalue weighted by Crippen LogP contribution is -2.53. The second kappa shape index (κ2) is 8.51. The number of nitrogens with one attached hydrogen (secondary N) is 2.